The summed E-state index contributed by atoms with van der Waals surface area (Å²) in [6.07, 6.45) is 0. The van der Waals surface area contributed by atoms with E-state index in [-0.39, 0.29) is 64.7 Å². The predicted octanol–water partition coefficient (Wildman–Crippen LogP) is -2.43. The Morgan fingerprint density at radius 2 is 2.00 bits per heavy atom. The van der Waals surface area contributed by atoms with Crippen molar-refractivity contribution in [2.45, 2.75) is 0 Å². The van der Waals surface area contributed by atoms with Gasteiger partial charge in [-0.3, -0.25) is 0 Å². The van der Waals surface area contributed by atoms with E-state index in [9.17, 15) is 0 Å². The van der Waals surface area contributed by atoms with E-state index < -0.39 is 0 Å². The molecular formula is C2H3N2Rb. The largest absolute Gasteiger partial charge is 1.00 e. The van der Waals surface area contributed by atoms with E-state index in [0.29, 0.717) is 0 Å². The second-order valence-electron chi connectivity index (χ2n) is 0.335. The number of hydrogen-bond donors (Lipinski definition) is 0. The van der Waals surface area contributed by atoms with E-state index in [1.165, 1.54) is 0 Å². The number of nitriles is 1. The van der Waals surface area contributed by atoms with Crippen molar-refractivity contribution >= 4 is 0 Å². The van der Waals surface area contributed by atoms with Crippen LogP contribution in [0.15, 0.2) is 0 Å². The number of rotatable bonds is 0. The Morgan fingerprint density at radius 1 is 1.80 bits per heavy atom. The van der Waals surface area contributed by atoms with Crippen LogP contribution in [0.1, 0.15) is 0 Å². The van der Waals surface area contributed by atoms with E-state index in [1.54, 1.807) is 6.07 Å². The topological polar surface area (TPSA) is 47.6 Å². The minimum atomic E-state index is -0.125. The van der Waals surface area contributed by atoms with Gasteiger partial charge in [0.15, 0.2) is 0 Å². The molecule has 0 aromatic rings. The Hall–Kier alpha value is 1.26. The molecule has 0 atom stereocenters. The fourth-order valence-electron chi connectivity index (χ4n) is 0. The van der Waals surface area contributed by atoms with Gasteiger partial charge >= 0.3 is 58.2 Å². The van der Waals surface area contributed by atoms with Gasteiger partial charge in [0.1, 0.15) is 0 Å². The second-order valence-corrected chi connectivity index (χ2v) is 0.335. The Bertz CT molecular complexity index is 37.4. The van der Waals surface area contributed by atoms with Crippen molar-refractivity contribution < 1.29 is 58.2 Å². The van der Waals surface area contributed by atoms with Crippen molar-refractivity contribution in [3.05, 3.63) is 5.73 Å². The molecule has 0 rings (SSSR count). The summed E-state index contributed by atoms with van der Waals surface area (Å²) in [6.45, 7) is -0.125. The van der Waals surface area contributed by atoms with Gasteiger partial charge in [0, 0.05) is 6.07 Å². The zero-order valence-electron chi connectivity index (χ0n) is 3.15. The molecule has 22 valence electrons. The van der Waals surface area contributed by atoms with Crippen LogP contribution in [0.3, 0.4) is 0 Å². The third-order valence-electron chi connectivity index (χ3n) is 0.0791. The average Bonchev–Trinajstić information content (AvgIpc) is 1.37. The first-order chi connectivity index (χ1) is 1.91. The van der Waals surface area contributed by atoms with Gasteiger partial charge in [-0.2, -0.15) is 0 Å². The number of nitrogens with zero attached hydrogens (tertiary/aromatic N) is 1. The van der Waals surface area contributed by atoms with Gasteiger partial charge in [-0.1, -0.05) is 6.54 Å². The Labute approximate surface area is 80.1 Å². The standard InChI is InChI=1S/C2H3N2.Rb/c3-1-2-4;/h3H,1H2;/q-1;+1. The molecule has 0 unspecified atom stereocenters. The monoisotopic (exact) mass is 140 g/mol. The summed E-state index contributed by atoms with van der Waals surface area (Å²) < 4.78 is 0. The van der Waals surface area contributed by atoms with Gasteiger partial charge in [-0.05, 0) is 0 Å². The van der Waals surface area contributed by atoms with Gasteiger partial charge in [0.05, 0.1) is 0 Å². The van der Waals surface area contributed by atoms with E-state index in [2.05, 4.69) is 0 Å². The fraction of sp³-hybridized carbons (Fsp3) is 0.500. The SMILES string of the molecule is N#CC[NH-].[Rb+]. The maximum absolute atomic E-state index is 7.44. The van der Waals surface area contributed by atoms with Crippen LogP contribution in [0.4, 0.5) is 0 Å². The van der Waals surface area contributed by atoms with Gasteiger partial charge in [-0.15, -0.1) is 0 Å². The first-order valence-corrected chi connectivity index (χ1v) is 0.931. The molecule has 0 bridgehead atoms. The van der Waals surface area contributed by atoms with Crippen molar-refractivity contribution in [1.82, 2.24) is 0 Å². The summed E-state index contributed by atoms with van der Waals surface area (Å²) in [5.41, 5.74) is 6.09. The summed E-state index contributed by atoms with van der Waals surface area (Å²) in [6, 6.07) is 1.60. The van der Waals surface area contributed by atoms with Crippen LogP contribution < -0.4 is 58.2 Å². The number of nitrogens with one attached hydrogen (secondary N) is 1. The molecule has 1 N–H and O–H groups in total. The average molecular weight is 141 g/mol. The van der Waals surface area contributed by atoms with Crippen LogP contribution in [0, 0.1) is 11.3 Å². The summed E-state index contributed by atoms with van der Waals surface area (Å²) in [5, 5.41) is 7.44. The van der Waals surface area contributed by atoms with Crippen molar-refractivity contribution in [1.29, 1.82) is 5.26 Å². The molecule has 0 saturated carbocycles. The Morgan fingerprint density at radius 3 is 2.00 bits per heavy atom. The zero-order valence-corrected chi connectivity index (χ0v) is 8.07. The van der Waals surface area contributed by atoms with Crippen LogP contribution >= 0.6 is 0 Å². The molecule has 0 aromatic heterocycles. The van der Waals surface area contributed by atoms with Crippen LogP contribution in [0.2, 0.25) is 0 Å². The first-order valence-electron chi connectivity index (χ1n) is 0.931. The molecule has 0 amide bonds. The van der Waals surface area contributed by atoms with Gasteiger partial charge in [-0.25, -0.2) is 5.26 Å². The van der Waals surface area contributed by atoms with E-state index in [0.717, 1.165) is 0 Å². The zero-order chi connectivity index (χ0) is 3.41. The molecule has 3 heteroatoms. The van der Waals surface area contributed by atoms with E-state index in [1.807, 2.05) is 0 Å². The van der Waals surface area contributed by atoms with Crippen molar-refractivity contribution in [3.8, 4) is 6.07 Å². The van der Waals surface area contributed by atoms with Gasteiger partial charge < -0.3 is 5.73 Å². The normalized spacial score (nSPS) is 4.00. The minimum absolute atomic E-state index is 0. The molecule has 0 aliphatic heterocycles. The smallest absolute Gasteiger partial charge is 0.665 e. The summed E-state index contributed by atoms with van der Waals surface area (Å²) in [5.74, 6) is 0. The molecule has 5 heavy (non-hydrogen) atoms. The summed E-state index contributed by atoms with van der Waals surface area (Å²) in [4.78, 5) is 0. The third-order valence-corrected chi connectivity index (χ3v) is 0.0791. The van der Waals surface area contributed by atoms with Crippen molar-refractivity contribution in [2.24, 2.45) is 0 Å². The molecule has 0 fully saturated rings. The molecule has 0 aliphatic carbocycles. The molecule has 2 nitrogen and oxygen atoms in total. The fourth-order valence-corrected chi connectivity index (χ4v) is 0. The third kappa shape index (κ3) is 10.9. The van der Waals surface area contributed by atoms with E-state index in [4.69, 9.17) is 11.0 Å². The predicted molar refractivity (Wildman–Crippen MR) is 14.8 cm³/mol. The first kappa shape index (κ1) is 9.54. The van der Waals surface area contributed by atoms with Gasteiger partial charge in [0.25, 0.3) is 0 Å². The second kappa shape index (κ2) is 8.98. The maximum atomic E-state index is 7.44. The van der Waals surface area contributed by atoms with Crippen molar-refractivity contribution in [2.75, 3.05) is 6.54 Å². The Balaban J connectivity index is 0. The van der Waals surface area contributed by atoms with Crippen LogP contribution in [0.5, 0.6) is 0 Å². The Kier molecular flexibility index (Phi) is 17.1. The molecule has 0 heterocycles. The van der Waals surface area contributed by atoms with E-state index >= 15 is 0 Å². The molecular weight excluding hydrogens is 138 g/mol. The molecule has 0 saturated heterocycles. The van der Waals surface area contributed by atoms with Crippen LogP contribution in [0.25, 0.3) is 5.73 Å². The van der Waals surface area contributed by atoms with Gasteiger partial charge in [0.2, 0.25) is 0 Å². The summed E-state index contributed by atoms with van der Waals surface area (Å²) in [7, 11) is 0. The van der Waals surface area contributed by atoms with Crippen molar-refractivity contribution in [3.63, 3.8) is 0 Å². The quantitative estimate of drug-likeness (QED) is 0.345. The molecule has 0 radical (unpaired) electrons. The maximum Gasteiger partial charge on any atom is 1.00 e. The number of hydrogen-bond acceptors (Lipinski definition) is 1. The van der Waals surface area contributed by atoms with Crippen LogP contribution in [-0.4, -0.2) is 6.54 Å². The molecule has 0 aliphatic rings. The molecule has 0 spiro atoms. The molecule has 0 aromatic carbocycles. The van der Waals surface area contributed by atoms with Crippen LogP contribution in [-0.2, 0) is 0 Å². The minimum Gasteiger partial charge on any atom is -0.665 e. The summed E-state index contributed by atoms with van der Waals surface area (Å²) >= 11 is 0.